The summed E-state index contributed by atoms with van der Waals surface area (Å²) in [5, 5.41) is 14.4. The van der Waals surface area contributed by atoms with Crippen molar-refractivity contribution in [3.63, 3.8) is 0 Å². The van der Waals surface area contributed by atoms with Crippen molar-refractivity contribution in [1.29, 1.82) is 0 Å². The standard InChI is InChI=1S/C14H18N2O4/c1-8-5-9(8)7-15-14(19)16-12-4-3-10(20-2)6-11(12)13(17)18/h3-4,6,8-9H,5,7H2,1-2H3,(H,17,18)(H2,15,16,19). The van der Waals surface area contributed by atoms with Gasteiger partial charge in [0.05, 0.1) is 18.4 Å². The molecule has 0 saturated heterocycles. The Morgan fingerprint density at radius 2 is 2.15 bits per heavy atom. The van der Waals surface area contributed by atoms with Gasteiger partial charge in [-0.25, -0.2) is 9.59 Å². The van der Waals surface area contributed by atoms with Gasteiger partial charge in [0.15, 0.2) is 0 Å². The van der Waals surface area contributed by atoms with Gasteiger partial charge in [-0.3, -0.25) is 0 Å². The van der Waals surface area contributed by atoms with Gasteiger partial charge in [0.25, 0.3) is 0 Å². The molecule has 2 unspecified atom stereocenters. The summed E-state index contributed by atoms with van der Waals surface area (Å²) in [6, 6.07) is 4.10. The lowest BCUT2D eigenvalue weighted by Crippen LogP contribution is -2.31. The fourth-order valence-corrected chi connectivity index (χ4v) is 2.01. The third kappa shape index (κ3) is 3.40. The minimum Gasteiger partial charge on any atom is -0.497 e. The number of carbonyl (C=O) groups is 2. The number of nitrogens with one attached hydrogen (secondary N) is 2. The molecule has 1 aromatic rings. The molecule has 0 spiro atoms. The smallest absolute Gasteiger partial charge is 0.337 e. The van der Waals surface area contributed by atoms with E-state index in [0.29, 0.717) is 24.1 Å². The molecule has 0 bridgehead atoms. The van der Waals surface area contributed by atoms with E-state index in [4.69, 9.17) is 9.84 Å². The molecule has 6 heteroatoms. The largest absolute Gasteiger partial charge is 0.497 e. The molecular weight excluding hydrogens is 260 g/mol. The zero-order valence-corrected chi connectivity index (χ0v) is 11.5. The minimum atomic E-state index is -1.12. The van der Waals surface area contributed by atoms with Crippen molar-refractivity contribution in [3.05, 3.63) is 23.8 Å². The summed E-state index contributed by atoms with van der Waals surface area (Å²) >= 11 is 0. The molecule has 0 radical (unpaired) electrons. The summed E-state index contributed by atoms with van der Waals surface area (Å²) in [7, 11) is 1.46. The SMILES string of the molecule is COc1ccc(NC(=O)NCC2CC2C)c(C(=O)O)c1. The van der Waals surface area contributed by atoms with Crippen LogP contribution in [-0.4, -0.2) is 30.8 Å². The van der Waals surface area contributed by atoms with Crippen LogP contribution in [0.2, 0.25) is 0 Å². The first-order valence-electron chi connectivity index (χ1n) is 6.47. The van der Waals surface area contributed by atoms with E-state index in [9.17, 15) is 9.59 Å². The van der Waals surface area contributed by atoms with E-state index in [0.717, 1.165) is 6.42 Å². The molecule has 6 nitrogen and oxygen atoms in total. The lowest BCUT2D eigenvalue weighted by Gasteiger charge is -2.11. The highest BCUT2D eigenvalue weighted by Crippen LogP contribution is 2.36. The van der Waals surface area contributed by atoms with Crippen LogP contribution >= 0.6 is 0 Å². The van der Waals surface area contributed by atoms with Gasteiger partial charge in [-0.15, -0.1) is 0 Å². The molecule has 1 aliphatic carbocycles. The Morgan fingerprint density at radius 3 is 2.70 bits per heavy atom. The number of carbonyl (C=O) groups excluding carboxylic acids is 1. The Balaban J connectivity index is 2.00. The molecule has 108 valence electrons. The molecule has 1 saturated carbocycles. The van der Waals surface area contributed by atoms with Crippen molar-refractivity contribution >= 4 is 17.7 Å². The topological polar surface area (TPSA) is 87.7 Å². The number of hydrogen-bond donors (Lipinski definition) is 3. The third-order valence-corrected chi connectivity index (χ3v) is 3.51. The molecule has 2 atom stereocenters. The Kier molecular flexibility index (Phi) is 4.12. The van der Waals surface area contributed by atoms with Crippen LogP contribution in [0.3, 0.4) is 0 Å². The summed E-state index contributed by atoms with van der Waals surface area (Å²) in [5.74, 6) is 0.511. The van der Waals surface area contributed by atoms with Crippen LogP contribution < -0.4 is 15.4 Å². The van der Waals surface area contributed by atoms with Crippen molar-refractivity contribution in [1.82, 2.24) is 5.32 Å². The second-order valence-electron chi connectivity index (χ2n) is 5.02. The van der Waals surface area contributed by atoms with Crippen molar-refractivity contribution in [3.8, 4) is 5.75 Å². The van der Waals surface area contributed by atoms with Gasteiger partial charge < -0.3 is 20.5 Å². The van der Waals surface area contributed by atoms with Gasteiger partial charge >= 0.3 is 12.0 Å². The summed E-state index contributed by atoms with van der Waals surface area (Å²) in [4.78, 5) is 22.9. The predicted molar refractivity (Wildman–Crippen MR) is 74.2 cm³/mol. The van der Waals surface area contributed by atoms with Crippen LogP contribution in [0.1, 0.15) is 23.7 Å². The van der Waals surface area contributed by atoms with Gasteiger partial charge in [0.1, 0.15) is 5.75 Å². The van der Waals surface area contributed by atoms with Crippen molar-refractivity contribution in [2.24, 2.45) is 11.8 Å². The van der Waals surface area contributed by atoms with E-state index in [1.54, 1.807) is 6.07 Å². The predicted octanol–water partition coefficient (Wildman–Crippen LogP) is 2.17. The van der Waals surface area contributed by atoms with E-state index in [1.165, 1.54) is 19.2 Å². The average Bonchev–Trinajstić information content (AvgIpc) is 3.12. The molecule has 0 heterocycles. The highest BCUT2D eigenvalue weighted by molar-refractivity contribution is 6.00. The van der Waals surface area contributed by atoms with Crippen molar-refractivity contribution < 1.29 is 19.4 Å². The van der Waals surface area contributed by atoms with E-state index in [2.05, 4.69) is 17.6 Å². The summed E-state index contributed by atoms with van der Waals surface area (Å²) in [5.41, 5.74) is 0.249. The maximum atomic E-state index is 11.7. The number of ether oxygens (including phenoxy) is 1. The molecule has 0 aromatic heterocycles. The molecular formula is C14H18N2O4. The number of anilines is 1. The lowest BCUT2D eigenvalue weighted by molar-refractivity contribution is 0.0697. The minimum absolute atomic E-state index is 0.000657. The Hall–Kier alpha value is -2.24. The van der Waals surface area contributed by atoms with Crippen LogP contribution in [0, 0.1) is 11.8 Å². The fourth-order valence-electron chi connectivity index (χ4n) is 2.01. The first kappa shape index (κ1) is 14.2. The molecule has 2 rings (SSSR count). The van der Waals surface area contributed by atoms with Crippen LogP contribution in [0.15, 0.2) is 18.2 Å². The molecule has 20 heavy (non-hydrogen) atoms. The summed E-state index contributed by atoms with van der Waals surface area (Å²) < 4.78 is 4.97. The van der Waals surface area contributed by atoms with Gasteiger partial charge in [-0.1, -0.05) is 6.92 Å². The van der Waals surface area contributed by atoms with E-state index < -0.39 is 12.0 Å². The van der Waals surface area contributed by atoms with E-state index in [1.807, 2.05) is 0 Å². The number of benzene rings is 1. The number of amides is 2. The van der Waals surface area contributed by atoms with E-state index >= 15 is 0 Å². The first-order chi connectivity index (χ1) is 9.51. The van der Waals surface area contributed by atoms with Crippen LogP contribution in [0.5, 0.6) is 5.75 Å². The van der Waals surface area contributed by atoms with Crippen LogP contribution in [0.25, 0.3) is 0 Å². The lowest BCUT2D eigenvalue weighted by atomic mass is 10.1. The first-order valence-corrected chi connectivity index (χ1v) is 6.47. The molecule has 0 aliphatic heterocycles. The Morgan fingerprint density at radius 1 is 1.45 bits per heavy atom. The third-order valence-electron chi connectivity index (χ3n) is 3.51. The second kappa shape index (κ2) is 5.81. The number of methoxy groups -OCH3 is 1. The zero-order chi connectivity index (χ0) is 14.7. The zero-order valence-electron chi connectivity index (χ0n) is 11.5. The Labute approximate surface area is 117 Å². The fraction of sp³-hybridized carbons (Fsp3) is 0.429. The number of rotatable bonds is 5. The molecule has 2 amide bonds. The maximum absolute atomic E-state index is 11.7. The van der Waals surface area contributed by atoms with Crippen LogP contribution in [-0.2, 0) is 0 Å². The van der Waals surface area contributed by atoms with E-state index in [-0.39, 0.29) is 11.3 Å². The molecule has 1 aromatic carbocycles. The second-order valence-corrected chi connectivity index (χ2v) is 5.02. The number of aromatic carboxylic acids is 1. The van der Waals surface area contributed by atoms with Gasteiger partial charge in [-0.05, 0) is 36.5 Å². The summed E-state index contributed by atoms with van der Waals surface area (Å²) in [6.07, 6.45) is 1.13. The normalized spacial score (nSPS) is 20.1. The molecule has 1 aliphatic rings. The van der Waals surface area contributed by atoms with Gasteiger partial charge in [0, 0.05) is 6.54 Å². The number of carboxylic acids is 1. The molecule has 3 N–H and O–H groups in total. The van der Waals surface area contributed by atoms with Crippen LogP contribution in [0.4, 0.5) is 10.5 Å². The van der Waals surface area contributed by atoms with Gasteiger partial charge in [0.2, 0.25) is 0 Å². The van der Waals surface area contributed by atoms with Crippen molar-refractivity contribution in [2.45, 2.75) is 13.3 Å². The van der Waals surface area contributed by atoms with Crippen molar-refractivity contribution in [2.75, 3.05) is 19.0 Å². The number of carboxylic acid groups (broad SMARTS) is 1. The highest BCUT2D eigenvalue weighted by Gasteiger charge is 2.32. The monoisotopic (exact) mass is 278 g/mol. The number of urea groups is 1. The maximum Gasteiger partial charge on any atom is 0.337 e. The highest BCUT2D eigenvalue weighted by atomic mass is 16.5. The molecule has 1 fully saturated rings. The summed E-state index contributed by atoms with van der Waals surface area (Å²) in [6.45, 7) is 2.75. The number of hydrogen-bond acceptors (Lipinski definition) is 3. The quantitative estimate of drug-likeness (QED) is 0.770. The average molecular weight is 278 g/mol. The van der Waals surface area contributed by atoms with Gasteiger partial charge in [-0.2, -0.15) is 0 Å². The Bertz CT molecular complexity index is 530.